The van der Waals surface area contributed by atoms with Gasteiger partial charge in [-0.25, -0.2) is 0 Å². The molecule has 0 bridgehead atoms. The number of rotatable bonds is 2. The maximum Gasteiger partial charge on any atom is 0.0426 e. The Bertz CT molecular complexity index is 326. The van der Waals surface area contributed by atoms with Gasteiger partial charge in [-0.15, -0.1) is 0 Å². The molecular formula is C13H17Br. The summed E-state index contributed by atoms with van der Waals surface area (Å²) in [4.78, 5) is 0.580. The maximum absolute atomic E-state index is 3.84. The molecule has 0 N–H and O–H groups in total. The van der Waals surface area contributed by atoms with Gasteiger partial charge in [0, 0.05) is 4.83 Å². The summed E-state index contributed by atoms with van der Waals surface area (Å²) in [6.45, 7) is 4.37. The first kappa shape index (κ1) is 10.2. The van der Waals surface area contributed by atoms with Crippen LogP contribution in [0.5, 0.6) is 0 Å². The standard InChI is InChI=1S/C13H17Br/c1-9-6-7-12(10(2)8-9)13(14)11-4-3-5-11/h6-8,11,13H,3-5H2,1-2H3. The zero-order valence-corrected chi connectivity index (χ0v) is 10.5. The van der Waals surface area contributed by atoms with Gasteiger partial charge in [-0.2, -0.15) is 0 Å². The molecule has 1 aromatic carbocycles. The molecule has 1 atom stereocenters. The fourth-order valence-corrected chi connectivity index (χ4v) is 3.16. The Morgan fingerprint density at radius 3 is 2.50 bits per heavy atom. The van der Waals surface area contributed by atoms with Crippen molar-refractivity contribution in [2.24, 2.45) is 5.92 Å². The smallest absolute Gasteiger partial charge is 0.0426 e. The van der Waals surface area contributed by atoms with Crippen molar-refractivity contribution in [3.8, 4) is 0 Å². The second kappa shape index (κ2) is 4.06. The van der Waals surface area contributed by atoms with Crippen LogP contribution in [-0.2, 0) is 0 Å². The van der Waals surface area contributed by atoms with E-state index in [0.29, 0.717) is 4.83 Å². The lowest BCUT2D eigenvalue weighted by Crippen LogP contribution is -2.16. The van der Waals surface area contributed by atoms with Gasteiger partial charge in [0.2, 0.25) is 0 Å². The zero-order valence-electron chi connectivity index (χ0n) is 8.89. The first-order chi connectivity index (χ1) is 6.68. The highest BCUT2D eigenvalue weighted by molar-refractivity contribution is 9.09. The van der Waals surface area contributed by atoms with Gasteiger partial charge in [-0.1, -0.05) is 46.1 Å². The highest BCUT2D eigenvalue weighted by Crippen LogP contribution is 2.43. The van der Waals surface area contributed by atoms with E-state index in [4.69, 9.17) is 0 Å². The number of halogens is 1. The summed E-state index contributed by atoms with van der Waals surface area (Å²) in [6.07, 6.45) is 4.20. The van der Waals surface area contributed by atoms with Crippen LogP contribution in [-0.4, -0.2) is 0 Å². The molecule has 1 aromatic rings. The van der Waals surface area contributed by atoms with Crippen LogP contribution in [0.2, 0.25) is 0 Å². The van der Waals surface area contributed by atoms with Gasteiger partial charge >= 0.3 is 0 Å². The van der Waals surface area contributed by atoms with Crippen LogP contribution in [0.1, 0.15) is 40.8 Å². The lowest BCUT2D eigenvalue weighted by molar-refractivity contribution is 0.312. The van der Waals surface area contributed by atoms with Crippen molar-refractivity contribution in [2.45, 2.75) is 37.9 Å². The van der Waals surface area contributed by atoms with Gasteiger partial charge in [0.15, 0.2) is 0 Å². The number of alkyl halides is 1. The van der Waals surface area contributed by atoms with Crippen LogP contribution >= 0.6 is 15.9 Å². The van der Waals surface area contributed by atoms with Crippen LogP contribution < -0.4 is 0 Å². The van der Waals surface area contributed by atoms with Crippen LogP contribution in [0.15, 0.2) is 18.2 Å². The molecule has 1 fully saturated rings. The molecule has 2 rings (SSSR count). The summed E-state index contributed by atoms with van der Waals surface area (Å²) in [5.74, 6) is 0.872. The first-order valence-electron chi connectivity index (χ1n) is 5.39. The van der Waals surface area contributed by atoms with Crippen molar-refractivity contribution in [1.29, 1.82) is 0 Å². The molecular weight excluding hydrogens is 236 g/mol. The van der Waals surface area contributed by atoms with E-state index in [0.717, 1.165) is 5.92 Å². The van der Waals surface area contributed by atoms with Gasteiger partial charge in [0.05, 0.1) is 0 Å². The summed E-state index contributed by atoms with van der Waals surface area (Å²) in [5.41, 5.74) is 4.28. The molecule has 0 nitrogen and oxygen atoms in total. The molecule has 1 unspecified atom stereocenters. The van der Waals surface area contributed by atoms with Crippen LogP contribution in [0.4, 0.5) is 0 Å². The molecule has 0 saturated heterocycles. The molecule has 0 amide bonds. The van der Waals surface area contributed by atoms with Gasteiger partial charge < -0.3 is 0 Å². The Morgan fingerprint density at radius 1 is 1.29 bits per heavy atom. The Morgan fingerprint density at radius 2 is 2.00 bits per heavy atom. The molecule has 14 heavy (non-hydrogen) atoms. The number of benzene rings is 1. The zero-order chi connectivity index (χ0) is 10.1. The third-order valence-corrected chi connectivity index (χ3v) is 4.53. The third-order valence-electron chi connectivity index (χ3n) is 3.29. The van der Waals surface area contributed by atoms with Crippen molar-refractivity contribution in [1.82, 2.24) is 0 Å². The Kier molecular flexibility index (Phi) is 2.96. The largest absolute Gasteiger partial charge is 0.0836 e. The second-order valence-corrected chi connectivity index (χ2v) is 5.44. The van der Waals surface area contributed by atoms with E-state index in [1.54, 1.807) is 0 Å². The van der Waals surface area contributed by atoms with Crippen LogP contribution in [0.3, 0.4) is 0 Å². The lowest BCUT2D eigenvalue weighted by atomic mass is 9.80. The summed E-state index contributed by atoms with van der Waals surface area (Å²) in [7, 11) is 0. The van der Waals surface area contributed by atoms with E-state index >= 15 is 0 Å². The fraction of sp³-hybridized carbons (Fsp3) is 0.538. The van der Waals surface area contributed by atoms with Crippen LogP contribution in [0.25, 0.3) is 0 Å². The quantitative estimate of drug-likeness (QED) is 0.679. The minimum atomic E-state index is 0.580. The van der Waals surface area contributed by atoms with Crippen LogP contribution in [0, 0.1) is 19.8 Å². The minimum Gasteiger partial charge on any atom is -0.0836 e. The van der Waals surface area contributed by atoms with Gasteiger partial charge in [-0.3, -0.25) is 0 Å². The van der Waals surface area contributed by atoms with Crippen molar-refractivity contribution in [3.05, 3.63) is 34.9 Å². The van der Waals surface area contributed by atoms with Gasteiger partial charge in [0.25, 0.3) is 0 Å². The number of aryl methyl sites for hydroxylation is 2. The topological polar surface area (TPSA) is 0 Å². The predicted octanol–water partition coefficient (Wildman–Crippen LogP) is 4.54. The van der Waals surface area contributed by atoms with E-state index < -0.39 is 0 Å². The molecule has 1 aliphatic carbocycles. The molecule has 0 aliphatic heterocycles. The lowest BCUT2D eigenvalue weighted by Gasteiger charge is -2.31. The number of hydrogen-bond donors (Lipinski definition) is 0. The Balaban J connectivity index is 2.22. The summed E-state index contributed by atoms with van der Waals surface area (Å²) >= 11 is 3.84. The summed E-state index contributed by atoms with van der Waals surface area (Å²) < 4.78 is 0. The first-order valence-corrected chi connectivity index (χ1v) is 6.31. The Labute approximate surface area is 94.8 Å². The van der Waals surface area contributed by atoms with Crippen molar-refractivity contribution in [2.75, 3.05) is 0 Å². The Hall–Kier alpha value is -0.300. The highest BCUT2D eigenvalue weighted by atomic mass is 79.9. The normalized spacial score (nSPS) is 19.1. The molecule has 0 heterocycles. The second-order valence-electron chi connectivity index (χ2n) is 4.45. The molecule has 0 spiro atoms. The predicted molar refractivity (Wildman–Crippen MR) is 64.9 cm³/mol. The molecule has 1 heteroatoms. The van der Waals surface area contributed by atoms with Gasteiger partial charge in [0.1, 0.15) is 0 Å². The van der Waals surface area contributed by atoms with Crippen molar-refractivity contribution >= 4 is 15.9 Å². The third kappa shape index (κ3) is 1.88. The maximum atomic E-state index is 3.84. The van der Waals surface area contributed by atoms with E-state index in [2.05, 4.69) is 48.0 Å². The average Bonchev–Trinajstić information content (AvgIpc) is 2.00. The van der Waals surface area contributed by atoms with E-state index in [1.807, 2.05) is 0 Å². The monoisotopic (exact) mass is 252 g/mol. The van der Waals surface area contributed by atoms with Crippen molar-refractivity contribution in [3.63, 3.8) is 0 Å². The van der Waals surface area contributed by atoms with Crippen molar-refractivity contribution < 1.29 is 0 Å². The van der Waals surface area contributed by atoms with E-state index in [-0.39, 0.29) is 0 Å². The summed E-state index contributed by atoms with van der Waals surface area (Å²) in [6, 6.07) is 6.78. The number of hydrogen-bond acceptors (Lipinski definition) is 0. The molecule has 0 radical (unpaired) electrons. The van der Waals surface area contributed by atoms with E-state index in [1.165, 1.54) is 36.0 Å². The summed E-state index contributed by atoms with van der Waals surface area (Å²) in [5, 5.41) is 0. The highest BCUT2D eigenvalue weighted by Gasteiger charge is 2.27. The average molecular weight is 253 g/mol. The molecule has 1 aliphatic rings. The SMILES string of the molecule is Cc1ccc(C(Br)C2CCC2)c(C)c1. The van der Waals surface area contributed by atoms with Gasteiger partial charge in [-0.05, 0) is 43.7 Å². The molecule has 76 valence electrons. The molecule has 1 saturated carbocycles. The van der Waals surface area contributed by atoms with E-state index in [9.17, 15) is 0 Å². The molecule has 0 aromatic heterocycles. The fourth-order valence-electron chi connectivity index (χ4n) is 2.12. The minimum absolute atomic E-state index is 0.580.